The lowest BCUT2D eigenvalue weighted by atomic mass is 9.94. The molecule has 6 nitrogen and oxygen atoms in total. The minimum absolute atomic E-state index is 0.256. The molecule has 0 unspecified atom stereocenters. The minimum Gasteiger partial charge on any atom is -0.358 e. The molecule has 2 heterocycles. The van der Waals surface area contributed by atoms with Crippen molar-refractivity contribution in [1.29, 1.82) is 0 Å². The molecule has 2 aromatic rings. The summed E-state index contributed by atoms with van der Waals surface area (Å²) in [6.07, 6.45) is 6.99. The lowest BCUT2D eigenvalue weighted by Gasteiger charge is -2.38. The van der Waals surface area contributed by atoms with E-state index in [9.17, 15) is 9.59 Å². The lowest BCUT2D eigenvalue weighted by molar-refractivity contribution is 0.152. The van der Waals surface area contributed by atoms with Crippen LogP contribution in [-0.4, -0.2) is 27.2 Å². The fraction of sp³-hybridized carbons (Fsp3) is 0.500. The molecule has 1 aliphatic carbocycles. The molecule has 1 saturated carbocycles. The summed E-state index contributed by atoms with van der Waals surface area (Å²) in [6, 6.07) is 10.6. The Morgan fingerprint density at radius 2 is 1.81 bits per heavy atom. The van der Waals surface area contributed by atoms with E-state index in [1.165, 1.54) is 37.7 Å². The predicted octanol–water partition coefficient (Wildman–Crippen LogP) is 2.30. The molecule has 1 aromatic heterocycles. The second kappa shape index (κ2) is 7.50. The van der Waals surface area contributed by atoms with Crippen LogP contribution in [0, 0.1) is 0 Å². The van der Waals surface area contributed by atoms with Crippen molar-refractivity contribution in [2.45, 2.75) is 57.7 Å². The van der Waals surface area contributed by atoms with E-state index in [1.807, 2.05) is 18.2 Å². The van der Waals surface area contributed by atoms with Crippen molar-refractivity contribution >= 4 is 5.82 Å². The van der Waals surface area contributed by atoms with E-state index in [2.05, 4.69) is 27.3 Å². The first-order valence-corrected chi connectivity index (χ1v) is 9.60. The quantitative estimate of drug-likeness (QED) is 0.884. The first kappa shape index (κ1) is 17.1. The van der Waals surface area contributed by atoms with E-state index >= 15 is 0 Å². The van der Waals surface area contributed by atoms with Crippen molar-refractivity contribution in [1.82, 2.24) is 14.5 Å². The molecule has 6 heteroatoms. The van der Waals surface area contributed by atoms with E-state index in [0.717, 1.165) is 6.42 Å². The van der Waals surface area contributed by atoms with Crippen molar-refractivity contribution in [3.63, 3.8) is 0 Å². The van der Waals surface area contributed by atoms with Crippen molar-refractivity contribution in [3.05, 3.63) is 62.3 Å². The third-order valence-electron chi connectivity index (χ3n) is 5.66. The highest BCUT2D eigenvalue weighted by Crippen LogP contribution is 2.27. The summed E-state index contributed by atoms with van der Waals surface area (Å²) in [5.41, 5.74) is 1.28. The maximum atomic E-state index is 12.4. The zero-order valence-electron chi connectivity index (χ0n) is 15.0. The summed E-state index contributed by atoms with van der Waals surface area (Å²) >= 11 is 0. The molecule has 26 heavy (non-hydrogen) atoms. The van der Waals surface area contributed by atoms with E-state index in [1.54, 1.807) is 4.57 Å². The fourth-order valence-electron chi connectivity index (χ4n) is 4.20. The molecule has 0 amide bonds. The first-order chi connectivity index (χ1) is 12.7. The molecule has 0 radical (unpaired) electrons. The SMILES string of the molecule is O=c1[nH]c(=O)n(CCc2ccccc2)c2c1CN(C1CCCCC1)CN2. The topological polar surface area (TPSA) is 70.1 Å². The first-order valence-electron chi connectivity index (χ1n) is 9.60. The Balaban J connectivity index is 1.57. The number of fused-ring (bicyclic) bond motifs is 1. The van der Waals surface area contributed by atoms with Gasteiger partial charge in [-0.3, -0.25) is 19.2 Å². The number of anilines is 1. The Morgan fingerprint density at radius 3 is 2.58 bits per heavy atom. The normalized spacial score (nSPS) is 18.3. The molecule has 2 N–H and O–H groups in total. The molecule has 0 saturated heterocycles. The number of aromatic nitrogens is 2. The summed E-state index contributed by atoms with van der Waals surface area (Å²) in [7, 11) is 0. The maximum Gasteiger partial charge on any atom is 0.329 e. The number of H-pyrrole nitrogens is 1. The van der Waals surface area contributed by atoms with Gasteiger partial charge in [0, 0.05) is 19.1 Å². The number of benzene rings is 1. The van der Waals surface area contributed by atoms with Gasteiger partial charge in [-0.1, -0.05) is 49.6 Å². The van der Waals surface area contributed by atoms with Crippen molar-refractivity contribution in [2.24, 2.45) is 0 Å². The van der Waals surface area contributed by atoms with Crippen LogP contribution in [0.1, 0.15) is 43.2 Å². The van der Waals surface area contributed by atoms with Gasteiger partial charge < -0.3 is 5.32 Å². The van der Waals surface area contributed by atoms with Crippen molar-refractivity contribution in [2.75, 3.05) is 12.0 Å². The van der Waals surface area contributed by atoms with Gasteiger partial charge in [0.05, 0.1) is 12.2 Å². The van der Waals surface area contributed by atoms with Crippen molar-refractivity contribution < 1.29 is 0 Å². The Kier molecular flexibility index (Phi) is 4.93. The number of nitrogens with one attached hydrogen (secondary N) is 2. The van der Waals surface area contributed by atoms with Crippen LogP contribution in [0.3, 0.4) is 0 Å². The average Bonchev–Trinajstić information content (AvgIpc) is 2.69. The smallest absolute Gasteiger partial charge is 0.329 e. The molecule has 1 aromatic carbocycles. The molecule has 2 aliphatic rings. The zero-order chi connectivity index (χ0) is 17.9. The third-order valence-corrected chi connectivity index (χ3v) is 5.66. The van der Waals surface area contributed by atoms with Gasteiger partial charge in [0.1, 0.15) is 5.82 Å². The van der Waals surface area contributed by atoms with Crippen LogP contribution in [-0.2, 0) is 19.5 Å². The van der Waals surface area contributed by atoms with E-state index in [4.69, 9.17) is 0 Å². The van der Waals surface area contributed by atoms with E-state index in [-0.39, 0.29) is 11.2 Å². The Morgan fingerprint density at radius 1 is 1.04 bits per heavy atom. The van der Waals surface area contributed by atoms with Crippen LogP contribution in [0.5, 0.6) is 0 Å². The van der Waals surface area contributed by atoms with Gasteiger partial charge in [0.15, 0.2) is 0 Å². The van der Waals surface area contributed by atoms with Gasteiger partial charge in [-0.25, -0.2) is 4.79 Å². The zero-order valence-corrected chi connectivity index (χ0v) is 15.0. The molecule has 138 valence electrons. The number of aromatic amines is 1. The van der Waals surface area contributed by atoms with Crippen molar-refractivity contribution in [3.8, 4) is 0 Å². The highest BCUT2D eigenvalue weighted by atomic mass is 16.2. The van der Waals surface area contributed by atoms with E-state index in [0.29, 0.717) is 37.2 Å². The van der Waals surface area contributed by atoms with Crippen LogP contribution < -0.4 is 16.6 Å². The maximum absolute atomic E-state index is 12.4. The summed E-state index contributed by atoms with van der Waals surface area (Å²) in [6.45, 7) is 1.87. The highest BCUT2D eigenvalue weighted by Gasteiger charge is 2.28. The van der Waals surface area contributed by atoms with Gasteiger partial charge in [0.2, 0.25) is 0 Å². The summed E-state index contributed by atoms with van der Waals surface area (Å²) in [5.74, 6) is 0.696. The molecule has 4 rings (SSSR count). The van der Waals surface area contributed by atoms with Crippen LogP contribution in [0.25, 0.3) is 0 Å². The number of rotatable bonds is 4. The predicted molar refractivity (Wildman–Crippen MR) is 102 cm³/mol. The van der Waals surface area contributed by atoms with Crippen LogP contribution in [0.2, 0.25) is 0 Å². The van der Waals surface area contributed by atoms with Crippen LogP contribution >= 0.6 is 0 Å². The van der Waals surface area contributed by atoms with Gasteiger partial charge in [-0.2, -0.15) is 0 Å². The van der Waals surface area contributed by atoms with Gasteiger partial charge in [-0.05, 0) is 24.8 Å². The lowest BCUT2D eigenvalue weighted by Crippen LogP contribution is -2.47. The minimum atomic E-state index is -0.330. The molecule has 0 atom stereocenters. The second-order valence-corrected chi connectivity index (χ2v) is 7.35. The Hall–Kier alpha value is -2.34. The Bertz CT molecular complexity index is 866. The second-order valence-electron chi connectivity index (χ2n) is 7.35. The monoisotopic (exact) mass is 354 g/mol. The fourth-order valence-corrected chi connectivity index (χ4v) is 4.20. The molecule has 1 aliphatic heterocycles. The van der Waals surface area contributed by atoms with Gasteiger partial charge in [0.25, 0.3) is 5.56 Å². The molecular weight excluding hydrogens is 328 g/mol. The molecule has 0 spiro atoms. The number of aryl methyl sites for hydroxylation is 1. The summed E-state index contributed by atoms with van der Waals surface area (Å²) < 4.78 is 1.68. The van der Waals surface area contributed by atoms with Crippen LogP contribution in [0.4, 0.5) is 5.82 Å². The molecule has 1 fully saturated rings. The molecule has 0 bridgehead atoms. The van der Waals surface area contributed by atoms with Gasteiger partial charge >= 0.3 is 5.69 Å². The number of hydrogen-bond acceptors (Lipinski definition) is 4. The average molecular weight is 354 g/mol. The number of nitrogens with zero attached hydrogens (tertiary/aromatic N) is 2. The molecular formula is C20H26N4O2. The largest absolute Gasteiger partial charge is 0.358 e. The van der Waals surface area contributed by atoms with E-state index < -0.39 is 0 Å². The summed E-state index contributed by atoms with van der Waals surface area (Å²) in [4.78, 5) is 29.6. The summed E-state index contributed by atoms with van der Waals surface area (Å²) in [5, 5.41) is 3.37. The Labute approximate surface area is 152 Å². The van der Waals surface area contributed by atoms with Crippen LogP contribution in [0.15, 0.2) is 39.9 Å². The standard InChI is InChI=1S/C20H26N4O2/c25-19-17-13-23(16-9-5-2-6-10-16)14-21-18(17)24(20(26)22-19)12-11-15-7-3-1-4-8-15/h1,3-4,7-8,16,21H,2,5-6,9-14H2,(H,22,25,26). The highest BCUT2D eigenvalue weighted by molar-refractivity contribution is 5.45. The van der Waals surface area contributed by atoms with Gasteiger partial charge in [-0.15, -0.1) is 0 Å². The third kappa shape index (κ3) is 3.46. The number of hydrogen-bond donors (Lipinski definition) is 2.